The molecule has 2 aromatic carbocycles. The van der Waals surface area contributed by atoms with E-state index in [4.69, 9.17) is 5.73 Å². The second-order valence-corrected chi connectivity index (χ2v) is 5.11. The molecule has 0 spiro atoms. The van der Waals surface area contributed by atoms with Crippen LogP contribution in [0, 0.1) is 5.82 Å². The van der Waals surface area contributed by atoms with E-state index in [1.807, 2.05) is 12.1 Å². The zero-order valence-electron chi connectivity index (χ0n) is 10.3. The Morgan fingerprint density at radius 3 is 2.95 bits per heavy atom. The lowest BCUT2D eigenvalue weighted by Crippen LogP contribution is -2.14. The number of carbonyl (C=O) groups excluding carboxylic acids is 1. The van der Waals surface area contributed by atoms with Crippen molar-refractivity contribution in [3.8, 4) is 0 Å². The minimum Gasteiger partial charge on any atom is -0.398 e. The van der Waals surface area contributed by atoms with Gasteiger partial charge in [-0.3, -0.25) is 4.79 Å². The molecule has 0 fully saturated rings. The van der Waals surface area contributed by atoms with E-state index in [1.54, 1.807) is 11.6 Å². The van der Waals surface area contributed by atoms with Gasteiger partial charge in [-0.1, -0.05) is 0 Å². The normalized spacial score (nSPS) is 10.7. The first-order valence-corrected chi connectivity index (χ1v) is 6.71. The molecule has 3 N–H and O–H groups in total. The maximum atomic E-state index is 13.2. The highest BCUT2D eigenvalue weighted by atomic mass is 32.1. The van der Waals surface area contributed by atoms with Crippen molar-refractivity contribution in [2.45, 2.75) is 0 Å². The van der Waals surface area contributed by atoms with Crippen molar-refractivity contribution in [3.05, 3.63) is 53.3 Å². The molecular weight excluding hydrogens is 277 g/mol. The van der Waals surface area contributed by atoms with E-state index in [0.29, 0.717) is 5.69 Å². The number of amides is 1. The second-order valence-electron chi connectivity index (χ2n) is 4.22. The fourth-order valence-corrected chi connectivity index (χ4v) is 2.57. The number of nitrogens with two attached hydrogens (primary N) is 1. The Morgan fingerprint density at radius 2 is 2.10 bits per heavy atom. The molecule has 1 aromatic heterocycles. The van der Waals surface area contributed by atoms with Gasteiger partial charge in [0.15, 0.2) is 0 Å². The maximum absolute atomic E-state index is 13.2. The van der Waals surface area contributed by atoms with E-state index in [1.165, 1.54) is 23.5 Å². The lowest BCUT2D eigenvalue weighted by Gasteiger charge is -2.07. The zero-order chi connectivity index (χ0) is 14.1. The summed E-state index contributed by atoms with van der Waals surface area (Å²) in [6, 6.07) is 9.09. The van der Waals surface area contributed by atoms with Gasteiger partial charge < -0.3 is 11.1 Å². The van der Waals surface area contributed by atoms with Crippen LogP contribution in [0.2, 0.25) is 0 Å². The Balaban J connectivity index is 1.89. The summed E-state index contributed by atoms with van der Waals surface area (Å²) in [6.45, 7) is 0. The van der Waals surface area contributed by atoms with Crippen LogP contribution in [0.5, 0.6) is 0 Å². The monoisotopic (exact) mass is 287 g/mol. The number of hydrogen-bond donors (Lipinski definition) is 2. The number of fused-ring (bicyclic) bond motifs is 1. The van der Waals surface area contributed by atoms with Crippen LogP contribution < -0.4 is 11.1 Å². The number of hydrogen-bond acceptors (Lipinski definition) is 4. The molecule has 0 radical (unpaired) electrons. The fourth-order valence-electron chi connectivity index (χ4n) is 1.86. The van der Waals surface area contributed by atoms with E-state index in [2.05, 4.69) is 10.3 Å². The summed E-state index contributed by atoms with van der Waals surface area (Å²) < 4.78 is 14.1. The number of nitrogens with one attached hydrogen (secondary N) is 1. The molecule has 0 saturated carbocycles. The Labute approximate surface area is 118 Å². The zero-order valence-corrected chi connectivity index (χ0v) is 11.1. The average Bonchev–Trinajstić information content (AvgIpc) is 2.89. The number of halogens is 1. The Kier molecular flexibility index (Phi) is 3.08. The minimum atomic E-state index is -0.498. The third-order valence-corrected chi connectivity index (χ3v) is 3.64. The number of benzene rings is 2. The van der Waals surface area contributed by atoms with Crippen LogP contribution in [0.25, 0.3) is 10.2 Å². The Hall–Kier alpha value is -2.47. The van der Waals surface area contributed by atoms with Crippen LogP contribution in [-0.4, -0.2) is 10.9 Å². The largest absolute Gasteiger partial charge is 0.398 e. The van der Waals surface area contributed by atoms with Crippen molar-refractivity contribution in [2.75, 3.05) is 11.1 Å². The van der Waals surface area contributed by atoms with Gasteiger partial charge in [-0.25, -0.2) is 9.37 Å². The first-order chi connectivity index (χ1) is 9.63. The van der Waals surface area contributed by atoms with Gasteiger partial charge in [0.05, 0.1) is 21.3 Å². The molecule has 3 rings (SSSR count). The Morgan fingerprint density at radius 1 is 1.25 bits per heavy atom. The standard InChI is InChI=1S/C14H10FN3OS/c15-8-1-3-11(16)10(5-8)14(19)18-9-2-4-12-13(6-9)20-7-17-12/h1-7H,16H2,(H,18,19). The molecular formula is C14H10FN3OS. The molecule has 100 valence electrons. The molecule has 0 unspecified atom stereocenters. The molecule has 0 aliphatic heterocycles. The molecule has 6 heteroatoms. The number of rotatable bonds is 2. The molecule has 0 aliphatic rings. The average molecular weight is 287 g/mol. The van der Waals surface area contributed by atoms with E-state index >= 15 is 0 Å². The topological polar surface area (TPSA) is 68.0 Å². The van der Waals surface area contributed by atoms with Crippen molar-refractivity contribution in [1.82, 2.24) is 4.98 Å². The van der Waals surface area contributed by atoms with E-state index in [0.717, 1.165) is 16.3 Å². The highest BCUT2D eigenvalue weighted by Gasteiger charge is 2.11. The molecule has 0 aliphatic carbocycles. The summed E-state index contributed by atoms with van der Waals surface area (Å²) in [7, 11) is 0. The van der Waals surface area contributed by atoms with Crippen molar-refractivity contribution in [1.29, 1.82) is 0 Å². The lowest BCUT2D eigenvalue weighted by molar-refractivity contribution is 0.102. The number of aromatic nitrogens is 1. The van der Waals surface area contributed by atoms with Crippen molar-refractivity contribution < 1.29 is 9.18 Å². The quantitative estimate of drug-likeness (QED) is 0.711. The van der Waals surface area contributed by atoms with Gasteiger partial charge in [-0.15, -0.1) is 11.3 Å². The van der Waals surface area contributed by atoms with Gasteiger partial charge in [0.2, 0.25) is 0 Å². The first kappa shape index (κ1) is 12.6. The van der Waals surface area contributed by atoms with Crippen LogP contribution in [-0.2, 0) is 0 Å². The summed E-state index contributed by atoms with van der Waals surface area (Å²) in [4.78, 5) is 16.3. The summed E-state index contributed by atoms with van der Waals surface area (Å²) in [5, 5.41) is 2.70. The SMILES string of the molecule is Nc1ccc(F)cc1C(=O)Nc1ccc2ncsc2c1. The maximum Gasteiger partial charge on any atom is 0.257 e. The number of anilines is 2. The summed E-state index contributed by atoms with van der Waals surface area (Å²) in [6.07, 6.45) is 0. The fraction of sp³-hybridized carbons (Fsp3) is 0. The Bertz CT molecular complexity index is 800. The number of nitrogen functional groups attached to an aromatic ring is 1. The molecule has 1 heterocycles. The third kappa shape index (κ3) is 2.33. The van der Waals surface area contributed by atoms with E-state index in [9.17, 15) is 9.18 Å². The van der Waals surface area contributed by atoms with Crippen LogP contribution in [0.15, 0.2) is 41.9 Å². The van der Waals surface area contributed by atoms with Crippen LogP contribution in [0.4, 0.5) is 15.8 Å². The highest BCUT2D eigenvalue weighted by molar-refractivity contribution is 7.16. The first-order valence-electron chi connectivity index (χ1n) is 5.83. The second kappa shape index (κ2) is 4.90. The molecule has 1 amide bonds. The minimum absolute atomic E-state index is 0.120. The van der Waals surface area contributed by atoms with Crippen molar-refractivity contribution >= 4 is 38.8 Å². The third-order valence-electron chi connectivity index (χ3n) is 2.85. The number of nitrogens with zero attached hydrogens (tertiary/aromatic N) is 1. The molecule has 3 aromatic rings. The van der Waals surface area contributed by atoms with Gasteiger partial charge in [0.25, 0.3) is 5.91 Å². The van der Waals surface area contributed by atoms with Gasteiger partial charge in [0.1, 0.15) is 5.82 Å². The van der Waals surface area contributed by atoms with Crippen molar-refractivity contribution in [2.24, 2.45) is 0 Å². The van der Waals surface area contributed by atoms with E-state index < -0.39 is 11.7 Å². The molecule has 20 heavy (non-hydrogen) atoms. The van der Waals surface area contributed by atoms with Gasteiger partial charge in [0, 0.05) is 11.4 Å². The molecule has 0 atom stereocenters. The van der Waals surface area contributed by atoms with Gasteiger partial charge >= 0.3 is 0 Å². The predicted octanol–water partition coefficient (Wildman–Crippen LogP) is 3.27. The van der Waals surface area contributed by atoms with Gasteiger partial charge in [-0.2, -0.15) is 0 Å². The predicted molar refractivity (Wildman–Crippen MR) is 78.4 cm³/mol. The van der Waals surface area contributed by atoms with Gasteiger partial charge in [-0.05, 0) is 36.4 Å². The summed E-state index contributed by atoms with van der Waals surface area (Å²) in [5.74, 6) is -0.937. The van der Waals surface area contributed by atoms with Crippen molar-refractivity contribution in [3.63, 3.8) is 0 Å². The molecule has 0 bridgehead atoms. The number of carbonyl (C=O) groups is 1. The summed E-state index contributed by atoms with van der Waals surface area (Å²) in [5.41, 5.74) is 9.27. The van der Waals surface area contributed by atoms with Crippen LogP contribution in [0.3, 0.4) is 0 Å². The van der Waals surface area contributed by atoms with Crippen LogP contribution >= 0.6 is 11.3 Å². The summed E-state index contributed by atoms with van der Waals surface area (Å²) >= 11 is 1.48. The molecule has 0 saturated heterocycles. The van der Waals surface area contributed by atoms with E-state index in [-0.39, 0.29) is 11.3 Å². The lowest BCUT2D eigenvalue weighted by atomic mass is 10.1. The number of thiazole rings is 1. The van der Waals surface area contributed by atoms with Crippen LogP contribution in [0.1, 0.15) is 10.4 Å². The highest BCUT2D eigenvalue weighted by Crippen LogP contribution is 2.23. The molecule has 4 nitrogen and oxygen atoms in total. The smallest absolute Gasteiger partial charge is 0.257 e.